The smallest absolute Gasteiger partial charge is 0.338 e. The molecule has 0 aromatic carbocycles. The third kappa shape index (κ3) is 4.95. The van der Waals surface area contributed by atoms with Crippen LogP contribution in [0.4, 0.5) is 0 Å². The van der Waals surface area contributed by atoms with Crippen molar-refractivity contribution >= 4 is 8.56 Å². The van der Waals surface area contributed by atoms with Crippen LogP contribution in [0.3, 0.4) is 0 Å². The van der Waals surface area contributed by atoms with Gasteiger partial charge in [0.2, 0.25) is 0 Å². The van der Waals surface area contributed by atoms with Gasteiger partial charge < -0.3 is 13.6 Å². The fourth-order valence-corrected chi connectivity index (χ4v) is 5.41. The minimum Gasteiger partial charge on any atom is -0.394 e. The van der Waals surface area contributed by atoms with Crippen LogP contribution in [0, 0.1) is 0 Å². The maximum Gasteiger partial charge on any atom is 0.338 e. The monoisotopic (exact) mass is 246 g/mol. The molecular weight excluding hydrogens is 220 g/mol. The van der Waals surface area contributed by atoms with Gasteiger partial charge in [-0.3, -0.25) is 0 Å². The van der Waals surface area contributed by atoms with Crippen molar-refractivity contribution in [2.24, 2.45) is 0 Å². The van der Waals surface area contributed by atoms with Crippen molar-refractivity contribution in [2.75, 3.05) is 19.8 Å². The van der Waals surface area contributed by atoms with Crippen LogP contribution in [0.25, 0.3) is 0 Å². The predicted octanol–water partition coefficient (Wildman–Crippen LogP) is 3.09. The molecule has 0 radical (unpaired) electrons. The van der Waals surface area contributed by atoms with E-state index in [1.165, 1.54) is 0 Å². The van der Waals surface area contributed by atoms with Crippen LogP contribution in [0.2, 0.25) is 12.1 Å². The Morgan fingerprint density at radius 2 is 1.69 bits per heavy atom. The highest BCUT2D eigenvalue weighted by Crippen LogP contribution is 2.25. The molecule has 4 heteroatoms. The zero-order valence-electron chi connectivity index (χ0n) is 11.0. The van der Waals surface area contributed by atoms with Gasteiger partial charge in [-0.1, -0.05) is 33.6 Å². The molecule has 1 fully saturated rings. The summed E-state index contributed by atoms with van der Waals surface area (Å²) in [6, 6.07) is 2.24. The predicted molar refractivity (Wildman–Crippen MR) is 67.9 cm³/mol. The van der Waals surface area contributed by atoms with Crippen LogP contribution in [0.1, 0.15) is 40.0 Å². The molecule has 1 saturated heterocycles. The molecule has 1 unspecified atom stereocenters. The molecule has 0 saturated carbocycles. The van der Waals surface area contributed by atoms with Gasteiger partial charge >= 0.3 is 8.56 Å². The highest BCUT2D eigenvalue weighted by atomic mass is 28.4. The van der Waals surface area contributed by atoms with Crippen LogP contribution in [-0.2, 0) is 13.6 Å². The normalized spacial score (nSPS) is 20.1. The van der Waals surface area contributed by atoms with E-state index in [9.17, 15) is 0 Å². The SMILES string of the molecule is CCCO[Si](CCC)(CCC)OCC1CO1. The summed E-state index contributed by atoms with van der Waals surface area (Å²) in [6.45, 7) is 9.04. The standard InChI is InChI=1S/C12H26O3Si/c1-4-7-14-16(8-5-2,9-6-3)15-11-12-10-13-12/h12H,4-11H2,1-3H3. The molecule has 3 nitrogen and oxygen atoms in total. The quantitative estimate of drug-likeness (QED) is 0.438. The van der Waals surface area contributed by atoms with E-state index in [1.54, 1.807) is 0 Å². The molecule has 0 N–H and O–H groups in total. The molecular formula is C12H26O3Si. The number of epoxide rings is 1. The lowest BCUT2D eigenvalue weighted by Gasteiger charge is -2.30. The van der Waals surface area contributed by atoms with Gasteiger partial charge in [-0.15, -0.1) is 0 Å². The first-order valence-corrected chi connectivity index (χ1v) is 8.89. The molecule has 0 aromatic rings. The second kappa shape index (κ2) is 7.43. The lowest BCUT2D eigenvalue weighted by molar-refractivity contribution is 0.153. The van der Waals surface area contributed by atoms with Gasteiger partial charge in [0.25, 0.3) is 0 Å². The largest absolute Gasteiger partial charge is 0.394 e. The van der Waals surface area contributed by atoms with Crippen molar-refractivity contribution in [3.05, 3.63) is 0 Å². The van der Waals surface area contributed by atoms with Crippen LogP contribution < -0.4 is 0 Å². The molecule has 1 aliphatic rings. The maximum absolute atomic E-state index is 6.13. The van der Waals surface area contributed by atoms with E-state index in [4.69, 9.17) is 13.6 Å². The second-order valence-electron chi connectivity index (χ2n) is 4.53. The maximum atomic E-state index is 6.13. The third-order valence-electron chi connectivity index (χ3n) is 2.77. The fraction of sp³-hybridized carbons (Fsp3) is 1.00. The van der Waals surface area contributed by atoms with Crippen molar-refractivity contribution in [1.82, 2.24) is 0 Å². The first-order chi connectivity index (χ1) is 7.76. The van der Waals surface area contributed by atoms with E-state index in [0.29, 0.717) is 6.10 Å². The van der Waals surface area contributed by atoms with Gasteiger partial charge in [0, 0.05) is 6.61 Å². The van der Waals surface area contributed by atoms with Crippen molar-refractivity contribution in [1.29, 1.82) is 0 Å². The van der Waals surface area contributed by atoms with Crippen LogP contribution >= 0.6 is 0 Å². The molecule has 1 aliphatic heterocycles. The average Bonchev–Trinajstić information content (AvgIpc) is 3.08. The molecule has 16 heavy (non-hydrogen) atoms. The average molecular weight is 246 g/mol. The molecule has 1 rings (SSSR count). The van der Waals surface area contributed by atoms with E-state index in [2.05, 4.69) is 20.8 Å². The van der Waals surface area contributed by atoms with Gasteiger partial charge in [0.1, 0.15) is 6.10 Å². The molecule has 0 spiro atoms. The molecule has 1 heterocycles. The highest BCUT2D eigenvalue weighted by Gasteiger charge is 2.38. The van der Waals surface area contributed by atoms with E-state index < -0.39 is 8.56 Å². The van der Waals surface area contributed by atoms with Crippen molar-refractivity contribution in [3.8, 4) is 0 Å². The summed E-state index contributed by atoms with van der Waals surface area (Å²) in [5.74, 6) is 0. The Bertz CT molecular complexity index is 177. The Balaban J connectivity index is 2.44. The topological polar surface area (TPSA) is 31.0 Å². The van der Waals surface area contributed by atoms with Gasteiger partial charge in [-0.2, -0.15) is 0 Å². The molecule has 0 bridgehead atoms. The summed E-state index contributed by atoms with van der Waals surface area (Å²) in [6.07, 6.45) is 3.74. The molecule has 96 valence electrons. The Kier molecular flexibility index (Phi) is 6.57. The summed E-state index contributed by atoms with van der Waals surface area (Å²) in [5.41, 5.74) is 0. The zero-order valence-corrected chi connectivity index (χ0v) is 12.0. The Morgan fingerprint density at radius 1 is 1.06 bits per heavy atom. The van der Waals surface area contributed by atoms with Gasteiger partial charge in [0.15, 0.2) is 0 Å². The minimum atomic E-state index is -1.92. The summed E-state index contributed by atoms with van der Waals surface area (Å²) in [7, 11) is -1.92. The lowest BCUT2D eigenvalue weighted by atomic mass is 10.5. The first-order valence-electron chi connectivity index (χ1n) is 6.65. The molecule has 0 aromatic heterocycles. The van der Waals surface area contributed by atoms with E-state index in [0.717, 1.165) is 51.2 Å². The Hall–Kier alpha value is 0.0969. The summed E-state index contributed by atoms with van der Waals surface area (Å²) in [4.78, 5) is 0. The van der Waals surface area contributed by atoms with Gasteiger partial charge in [-0.25, -0.2) is 0 Å². The number of hydrogen-bond donors (Lipinski definition) is 0. The van der Waals surface area contributed by atoms with Crippen molar-refractivity contribution in [2.45, 2.75) is 58.2 Å². The summed E-state index contributed by atoms with van der Waals surface area (Å²) >= 11 is 0. The fourth-order valence-electron chi connectivity index (χ4n) is 1.91. The Morgan fingerprint density at radius 3 is 2.12 bits per heavy atom. The van der Waals surface area contributed by atoms with Crippen LogP contribution in [0.15, 0.2) is 0 Å². The van der Waals surface area contributed by atoms with E-state index >= 15 is 0 Å². The second-order valence-corrected chi connectivity index (χ2v) is 7.92. The molecule has 0 amide bonds. The van der Waals surface area contributed by atoms with Gasteiger partial charge in [0.05, 0.1) is 13.2 Å². The number of ether oxygens (including phenoxy) is 1. The summed E-state index contributed by atoms with van der Waals surface area (Å²) in [5, 5.41) is 0. The van der Waals surface area contributed by atoms with E-state index in [1.807, 2.05) is 0 Å². The first kappa shape index (κ1) is 14.2. The van der Waals surface area contributed by atoms with Crippen LogP contribution in [0.5, 0.6) is 0 Å². The number of hydrogen-bond acceptors (Lipinski definition) is 3. The molecule has 0 aliphatic carbocycles. The van der Waals surface area contributed by atoms with Gasteiger partial charge in [-0.05, 0) is 18.5 Å². The third-order valence-corrected chi connectivity index (χ3v) is 6.71. The molecule has 1 atom stereocenters. The lowest BCUT2D eigenvalue weighted by Crippen LogP contribution is -2.43. The highest BCUT2D eigenvalue weighted by molar-refractivity contribution is 6.67. The zero-order chi connectivity index (χ0) is 11.9. The van der Waals surface area contributed by atoms with Crippen molar-refractivity contribution < 1.29 is 13.6 Å². The van der Waals surface area contributed by atoms with Crippen LogP contribution in [-0.4, -0.2) is 34.5 Å². The summed E-state index contributed by atoms with van der Waals surface area (Å²) < 4.78 is 17.4. The van der Waals surface area contributed by atoms with E-state index in [-0.39, 0.29) is 0 Å². The minimum absolute atomic E-state index is 0.353. The van der Waals surface area contributed by atoms with Crippen molar-refractivity contribution in [3.63, 3.8) is 0 Å². The Labute approximate surface area is 101 Å². The number of rotatable bonds is 10.